The van der Waals surface area contributed by atoms with Crippen LogP contribution in [0.4, 0.5) is 0 Å². The Bertz CT molecular complexity index is 860. The number of hydrogen-bond acceptors (Lipinski definition) is 5. The average molecular weight is 411 g/mol. The highest BCUT2D eigenvalue weighted by molar-refractivity contribution is 7.89. The number of hydrogen-bond donors (Lipinski definition) is 1. The molecule has 2 heterocycles. The van der Waals surface area contributed by atoms with Crippen LogP contribution in [0.3, 0.4) is 0 Å². The lowest BCUT2D eigenvalue weighted by atomic mass is 10.0. The molecule has 2 fully saturated rings. The van der Waals surface area contributed by atoms with Gasteiger partial charge in [0.1, 0.15) is 17.2 Å². The minimum absolute atomic E-state index is 0. The number of rotatable bonds is 5. The molecule has 2 aliphatic rings. The van der Waals surface area contributed by atoms with Crippen molar-refractivity contribution in [3.63, 3.8) is 0 Å². The predicted molar refractivity (Wildman–Crippen MR) is 105 cm³/mol. The summed E-state index contributed by atoms with van der Waals surface area (Å²) in [6.07, 6.45) is 0. The van der Waals surface area contributed by atoms with Crippen molar-refractivity contribution in [2.45, 2.75) is 4.90 Å². The van der Waals surface area contributed by atoms with E-state index in [9.17, 15) is 8.42 Å². The van der Waals surface area contributed by atoms with Gasteiger partial charge in [0.05, 0.1) is 12.0 Å². The first-order valence-electron chi connectivity index (χ1n) is 8.69. The van der Waals surface area contributed by atoms with Crippen LogP contribution in [0.2, 0.25) is 0 Å². The van der Waals surface area contributed by atoms with Crippen LogP contribution in [-0.4, -0.2) is 46.0 Å². The van der Waals surface area contributed by atoms with Crippen LogP contribution in [0.5, 0.6) is 17.2 Å². The Morgan fingerprint density at radius 2 is 1.37 bits per heavy atom. The highest BCUT2D eigenvalue weighted by Crippen LogP contribution is 2.32. The van der Waals surface area contributed by atoms with Crippen LogP contribution in [0.1, 0.15) is 0 Å². The Balaban J connectivity index is 0.00000210. The summed E-state index contributed by atoms with van der Waals surface area (Å²) in [5.41, 5.74) is 0. The fourth-order valence-corrected chi connectivity index (χ4v) is 5.17. The summed E-state index contributed by atoms with van der Waals surface area (Å²) in [5, 5.41) is 3.33. The maximum Gasteiger partial charge on any atom is 0.243 e. The monoisotopic (exact) mass is 410 g/mol. The second-order valence-electron chi connectivity index (χ2n) is 6.75. The van der Waals surface area contributed by atoms with E-state index in [0.717, 1.165) is 18.8 Å². The molecule has 0 aromatic heterocycles. The third-order valence-electron chi connectivity index (χ3n) is 5.11. The minimum Gasteiger partial charge on any atom is -0.497 e. The molecule has 6 nitrogen and oxygen atoms in total. The summed E-state index contributed by atoms with van der Waals surface area (Å²) < 4.78 is 38.2. The smallest absolute Gasteiger partial charge is 0.243 e. The van der Waals surface area contributed by atoms with Crippen LogP contribution in [-0.2, 0) is 10.0 Å². The molecule has 27 heavy (non-hydrogen) atoms. The van der Waals surface area contributed by atoms with E-state index in [4.69, 9.17) is 9.47 Å². The molecule has 2 aromatic rings. The van der Waals surface area contributed by atoms with Gasteiger partial charge in [-0.2, -0.15) is 4.31 Å². The van der Waals surface area contributed by atoms with Crippen molar-refractivity contribution in [3.05, 3.63) is 48.5 Å². The summed E-state index contributed by atoms with van der Waals surface area (Å²) >= 11 is 0. The zero-order chi connectivity index (χ0) is 18.1. The van der Waals surface area contributed by atoms with Gasteiger partial charge in [-0.05, 0) is 73.5 Å². The van der Waals surface area contributed by atoms with Gasteiger partial charge in [-0.15, -0.1) is 12.4 Å². The third-order valence-corrected chi connectivity index (χ3v) is 6.96. The van der Waals surface area contributed by atoms with Gasteiger partial charge in [0.15, 0.2) is 0 Å². The highest BCUT2D eigenvalue weighted by atomic mass is 35.5. The second kappa shape index (κ2) is 8.06. The molecule has 0 aliphatic carbocycles. The Kier molecular flexibility index (Phi) is 5.95. The van der Waals surface area contributed by atoms with Crippen molar-refractivity contribution in [3.8, 4) is 17.2 Å². The molecule has 4 rings (SSSR count). The quantitative estimate of drug-likeness (QED) is 0.820. The van der Waals surface area contributed by atoms with E-state index in [-0.39, 0.29) is 12.4 Å². The fourth-order valence-electron chi connectivity index (χ4n) is 3.62. The summed E-state index contributed by atoms with van der Waals surface area (Å²) in [5.74, 6) is 2.88. The molecule has 2 aliphatic heterocycles. The lowest BCUT2D eigenvalue weighted by Gasteiger charge is -2.17. The van der Waals surface area contributed by atoms with Gasteiger partial charge in [0.2, 0.25) is 10.0 Å². The molecule has 2 atom stereocenters. The number of ether oxygens (including phenoxy) is 2. The lowest BCUT2D eigenvalue weighted by Crippen LogP contribution is -2.31. The molecule has 2 aromatic carbocycles. The first-order valence-corrected chi connectivity index (χ1v) is 10.1. The van der Waals surface area contributed by atoms with E-state index in [0.29, 0.717) is 41.3 Å². The standard InChI is InChI=1S/C19H22N2O4S.ClH/c1-24-16-2-4-17(5-3-16)25-18-6-8-19(9-7-18)26(22,23)21-12-14-10-20-11-15(14)13-21;/h2-9,14-15,20H,10-13H2,1H3;1H/t14-,15+;. The molecule has 0 unspecified atom stereocenters. The van der Waals surface area contributed by atoms with Crippen LogP contribution in [0.25, 0.3) is 0 Å². The van der Waals surface area contributed by atoms with Gasteiger partial charge in [-0.1, -0.05) is 0 Å². The van der Waals surface area contributed by atoms with Crippen LogP contribution in [0, 0.1) is 11.8 Å². The molecule has 146 valence electrons. The Labute approximate surface area is 165 Å². The average Bonchev–Trinajstić information content (AvgIpc) is 3.25. The summed E-state index contributed by atoms with van der Waals surface area (Å²) in [6, 6.07) is 13.8. The van der Waals surface area contributed by atoms with Crippen molar-refractivity contribution >= 4 is 22.4 Å². The van der Waals surface area contributed by atoms with Gasteiger partial charge in [-0.25, -0.2) is 8.42 Å². The number of sulfonamides is 1. The molecule has 0 saturated carbocycles. The number of benzene rings is 2. The Hall–Kier alpha value is -1.80. The maximum atomic E-state index is 12.9. The largest absolute Gasteiger partial charge is 0.497 e. The number of nitrogens with zero attached hydrogens (tertiary/aromatic N) is 1. The summed E-state index contributed by atoms with van der Waals surface area (Å²) in [6.45, 7) is 3.02. The van der Waals surface area contributed by atoms with Gasteiger partial charge in [0.25, 0.3) is 0 Å². The van der Waals surface area contributed by atoms with E-state index < -0.39 is 10.0 Å². The second-order valence-corrected chi connectivity index (χ2v) is 8.69. The van der Waals surface area contributed by atoms with E-state index in [2.05, 4.69) is 5.32 Å². The molecule has 0 radical (unpaired) electrons. The molecular formula is C19H23ClN2O4S. The predicted octanol–water partition coefficient (Wildman–Crippen LogP) is 2.75. The SMILES string of the molecule is COc1ccc(Oc2ccc(S(=O)(=O)N3C[C@H]4CNC[C@H]4C3)cc2)cc1.Cl. The van der Waals surface area contributed by atoms with Crippen LogP contribution in [0.15, 0.2) is 53.4 Å². The highest BCUT2D eigenvalue weighted by Gasteiger charge is 2.41. The number of fused-ring (bicyclic) bond motifs is 1. The first-order chi connectivity index (χ1) is 12.6. The maximum absolute atomic E-state index is 12.9. The Morgan fingerprint density at radius 1 is 0.889 bits per heavy atom. The van der Waals surface area contributed by atoms with Gasteiger partial charge < -0.3 is 14.8 Å². The van der Waals surface area contributed by atoms with Gasteiger partial charge in [-0.3, -0.25) is 0 Å². The molecule has 0 amide bonds. The van der Waals surface area contributed by atoms with Crippen molar-refractivity contribution in [1.82, 2.24) is 9.62 Å². The molecular weight excluding hydrogens is 388 g/mol. The van der Waals surface area contributed by atoms with Crippen LogP contribution < -0.4 is 14.8 Å². The summed E-state index contributed by atoms with van der Waals surface area (Å²) in [7, 11) is -1.84. The first kappa shape index (κ1) is 19.9. The molecule has 1 N–H and O–H groups in total. The van der Waals surface area contributed by atoms with Gasteiger partial charge in [0, 0.05) is 13.1 Å². The van der Waals surface area contributed by atoms with Crippen molar-refractivity contribution in [1.29, 1.82) is 0 Å². The normalized spacial score (nSPS) is 22.1. The van der Waals surface area contributed by atoms with E-state index in [1.165, 1.54) is 0 Å². The van der Waals surface area contributed by atoms with Gasteiger partial charge >= 0.3 is 0 Å². The third kappa shape index (κ3) is 4.06. The van der Waals surface area contributed by atoms with Crippen molar-refractivity contribution < 1.29 is 17.9 Å². The van der Waals surface area contributed by atoms with E-state index >= 15 is 0 Å². The van der Waals surface area contributed by atoms with E-state index in [1.807, 2.05) is 12.1 Å². The molecule has 0 bridgehead atoms. The lowest BCUT2D eigenvalue weighted by molar-refractivity contribution is 0.413. The van der Waals surface area contributed by atoms with Crippen LogP contribution >= 0.6 is 12.4 Å². The molecule has 2 saturated heterocycles. The number of halogens is 1. The zero-order valence-corrected chi connectivity index (χ0v) is 16.6. The van der Waals surface area contributed by atoms with Crippen molar-refractivity contribution in [2.24, 2.45) is 11.8 Å². The fraction of sp³-hybridized carbons (Fsp3) is 0.368. The number of methoxy groups -OCH3 is 1. The number of nitrogens with one attached hydrogen (secondary N) is 1. The minimum atomic E-state index is -3.45. The Morgan fingerprint density at radius 3 is 1.89 bits per heavy atom. The zero-order valence-electron chi connectivity index (χ0n) is 15.0. The summed E-state index contributed by atoms with van der Waals surface area (Å²) in [4.78, 5) is 0.313. The topological polar surface area (TPSA) is 67.9 Å². The van der Waals surface area contributed by atoms with Crippen molar-refractivity contribution in [2.75, 3.05) is 33.3 Å². The van der Waals surface area contributed by atoms with E-state index in [1.54, 1.807) is 47.8 Å². The molecule has 8 heteroatoms. The molecule has 0 spiro atoms.